The number of methoxy groups -OCH3 is 1. The monoisotopic (exact) mass is 252 g/mol. The van der Waals surface area contributed by atoms with Gasteiger partial charge in [-0.1, -0.05) is 13.8 Å². The van der Waals surface area contributed by atoms with Crippen molar-refractivity contribution >= 4 is 10.0 Å². The molecule has 0 heterocycles. The van der Waals surface area contributed by atoms with Gasteiger partial charge < -0.3 is 10.5 Å². The molecular weight excluding hydrogens is 228 g/mol. The Morgan fingerprint density at radius 2 is 1.94 bits per heavy atom. The van der Waals surface area contributed by atoms with Crippen molar-refractivity contribution in [1.82, 2.24) is 4.72 Å². The van der Waals surface area contributed by atoms with Gasteiger partial charge in [0.05, 0.1) is 12.4 Å². The highest BCUT2D eigenvalue weighted by Gasteiger charge is 2.17. The molecule has 0 spiro atoms. The fourth-order valence-electron chi connectivity index (χ4n) is 1.28. The van der Waals surface area contributed by atoms with Crippen LogP contribution in [0.2, 0.25) is 0 Å². The molecule has 0 aliphatic heterocycles. The predicted octanol–water partition coefficient (Wildman–Crippen LogP) is 0.316. The zero-order valence-corrected chi connectivity index (χ0v) is 11.2. The van der Waals surface area contributed by atoms with Crippen LogP contribution in [-0.2, 0) is 14.8 Å². The normalized spacial score (nSPS) is 14.3. The molecular formula is C10H24N2O3S. The van der Waals surface area contributed by atoms with Crippen molar-refractivity contribution in [1.29, 1.82) is 0 Å². The molecule has 0 bridgehead atoms. The maximum Gasteiger partial charge on any atom is 0.211 e. The summed E-state index contributed by atoms with van der Waals surface area (Å²) in [6.45, 7) is 4.81. The summed E-state index contributed by atoms with van der Waals surface area (Å²) in [6, 6.07) is -0.216. The van der Waals surface area contributed by atoms with E-state index in [9.17, 15) is 8.42 Å². The lowest BCUT2D eigenvalue weighted by Crippen LogP contribution is -2.40. The summed E-state index contributed by atoms with van der Waals surface area (Å²) < 4.78 is 30.9. The molecule has 1 atom stereocenters. The first-order valence-corrected chi connectivity index (χ1v) is 7.25. The van der Waals surface area contributed by atoms with Gasteiger partial charge >= 0.3 is 0 Å². The third kappa shape index (κ3) is 8.04. The molecule has 0 saturated carbocycles. The summed E-state index contributed by atoms with van der Waals surface area (Å²) in [5.41, 5.74) is 5.41. The predicted molar refractivity (Wildman–Crippen MR) is 65.7 cm³/mol. The molecule has 0 amide bonds. The molecule has 5 nitrogen and oxygen atoms in total. The molecule has 0 rings (SSSR count). The Morgan fingerprint density at radius 3 is 2.38 bits per heavy atom. The van der Waals surface area contributed by atoms with Crippen LogP contribution in [0, 0.1) is 5.92 Å². The summed E-state index contributed by atoms with van der Waals surface area (Å²) in [7, 11) is -1.66. The molecule has 0 aliphatic carbocycles. The average molecular weight is 252 g/mol. The Balaban J connectivity index is 4.18. The van der Waals surface area contributed by atoms with E-state index in [4.69, 9.17) is 10.5 Å². The Labute approximate surface area is 98.8 Å². The highest BCUT2D eigenvalue weighted by molar-refractivity contribution is 7.89. The van der Waals surface area contributed by atoms with Crippen LogP contribution in [0.3, 0.4) is 0 Å². The van der Waals surface area contributed by atoms with E-state index in [0.29, 0.717) is 31.9 Å². The van der Waals surface area contributed by atoms with Crippen LogP contribution >= 0.6 is 0 Å². The number of nitrogens with one attached hydrogen (secondary N) is 1. The van der Waals surface area contributed by atoms with Crippen molar-refractivity contribution in [2.75, 3.05) is 26.0 Å². The topological polar surface area (TPSA) is 81.4 Å². The van der Waals surface area contributed by atoms with E-state index >= 15 is 0 Å². The molecule has 16 heavy (non-hydrogen) atoms. The molecule has 0 fully saturated rings. The minimum Gasteiger partial charge on any atom is -0.383 e. The molecule has 0 aromatic carbocycles. The second-order valence-electron chi connectivity index (χ2n) is 4.35. The van der Waals surface area contributed by atoms with E-state index in [-0.39, 0.29) is 11.8 Å². The number of hydrogen-bond donors (Lipinski definition) is 2. The Hall–Kier alpha value is -0.170. The van der Waals surface area contributed by atoms with E-state index in [1.54, 1.807) is 7.11 Å². The SMILES string of the molecule is COCC(CCN)NS(=O)(=O)CCC(C)C. The number of nitrogens with two attached hydrogens (primary N) is 1. The molecule has 0 saturated heterocycles. The average Bonchev–Trinajstić information content (AvgIpc) is 2.15. The van der Waals surface area contributed by atoms with Crippen LogP contribution in [0.5, 0.6) is 0 Å². The van der Waals surface area contributed by atoms with E-state index in [2.05, 4.69) is 4.72 Å². The summed E-state index contributed by atoms with van der Waals surface area (Å²) in [4.78, 5) is 0. The van der Waals surface area contributed by atoms with E-state index < -0.39 is 10.0 Å². The number of rotatable bonds is 9. The maximum absolute atomic E-state index is 11.7. The molecule has 0 aromatic rings. The molecule has 3 N–H and O–H groups in total. The molecule has 0 aromatic heterocycles. The van der Waals surface area contributed by atoms with Crippen LogP contribution in [0.25, 0.3) is 0 Å². The Morgan fingerprint density at radius 1 is 1.31 bits per heavy atom. The van der Waals surface area contributed by atoms with Crippen LogP contribution in [-0.4, -0.2) is 40.5 Å². The van der Waals surface area contributed by atoms with Gasteiger partial charge in [0.2, 0.25) is 10.0 Å². The van der Waals surface area contributed by atoms with Crippen molar-refractivity contribution in [3.05, 3.63) is 0 Å². The largest absolute Gasteiger partial charge is 0.383 e. The summed E-state index contributed by atoms with van der Waals surface area (Å²) >= 11 is 0. The van der Waals surface area contributed by atoms with Gasteiger partial charge in [-0.3, -0.25) is 0 Å². The molecule has 98 valence electrons. The van der Waals surface area contributed by atoms with Gasteiger partial charge in [0.15, 0.2) is 0 Å². The third-order valence-corrected chi connectivity index (χ3v) is 3.66. The molecule has 0 aliphatic rings. The minimum atomic E-state index is -3.21. The van der Waals surface area contributed by atoms with E-state index in [0.717, 1.165) is 0 Å². The minimum absolute atomic E-state index is 0.162. The van der Waals surface area contributed by atoms with Crippen LogP contribution < -0.4 is 10.5 Å². The second-order valence-corrected chi connectivity index (χ2v) is 6.22. The van der Waals surface area contributed by atoms with Crippen LogP contribution in [0.15, 0.2) is 0 Å². The van der Waals surface area contributed by atoms with E-state index in [1.807, 2.05) is 13.8 Å². The number of sulfonamides is 1. The Kier molecular flexibility index (Phi) is 7.91. The number of ether oxygens (including phenoxy) is 1. The zero-order chi connectivity index (χ0) is 12.6. The van der Waals surface area contributed by atoms with Crippen molar-refractivity contribution in [2.45, 2.75) is 32.7 Å². The second kappa shape index (κ2) is 8.00. The lowest BCUT2D eigenvalue weighted by Gasteiger charge is -2.17. The first-order valence-electron chi connectivity index (χ1n) is 5.60. The zero-order valence-electron chi connectivity index (χ0n) is 10.4. The van der Waals surface area contributed by atoms with Crippen molar-refractivity contribution < 1.29 is 13.2 Å². The first-order chi connectivity index (χ1) is 7.41. The number of hydrogen-bond acceptors (Lipinski definition) is 4. The summed E-state index contributed by atoms with van der Waals surface area (Å²) in [5, 5.41) is 0. The van der Waals surface area contributed by atoms with Crippen molar-refractivity contribution in [3.63, 3.8) is 0 Å². The Bertz CT molecular complexity index is 259. The maximum atomic E-state index is 11.7. The van der Waals surface area contributed by atoms with Crippen molar-refractivity contribution in [2.24, 2.45) is 11.7 Å². The fourth-order valence-corrected chi connectivity index (χ4v) is 2.88. The van der Waals surface area contributed by atoms with Gasteiger partial charge in [-0.05, 0) is 25.3 Å². The van der Waals surface area contributed by atoms with Gasteiger partial charge in [0, 0.05) is 13.2 Å². The van der Waals surface area contributed by atoms with Crippen molar-refractivity contribution in [3.8, 4) is 0 Å². The van der Waals surface area contributed by atoms with Crippen LogP contribution in [0.4, 0.5) is 0 Å². The van der Waals surface area contributed by atoms with Gasteiger partial charge in [-0.15, -0.1) is 0 Å². The lowest BCUT2D eigenvalue weighted by atomic mass is 10.2. The molecule has 1 unspecified atom stereocenters. The van der Waals surface area contributed by atoms with E-state index in [1.165, 1.54) is 0 Å². The van der Waals surface area contributed by atoms with Gasteiger partial charge in [-0.25, -0.2) is 13.1 Å². The summed E-state index contributed by atoms with van der Waals surface area (Å²) in [6.07, 6.45) is 1.26. The quantitative estimate of drug-likeness (QED) is 0.619. The first kappa shape index (κ1) is 15.8. The van der Waals surface area contributed by atoms with Crippen LogP contribution in [0.1, 0.15) is 26.7 Å². The van der Waals surface area contributed by atoms with Gasteiger partial charge in [0.25, 0.3) is 0 Å². The molecule has 0 radical (unpaired) electrons. The fraction of sp³-hybridized carbons (Fsp3) is 1.00. The molecule has 6 heteroatoms. The van der Waals surface area contributed by atoms with Gasteiger partial charge in [-0.2, -0.15) is 0 Å². The standard InChI is InChI=1S/C10H24N2O3S/c1-9(2)5-7-16(13,14)12-10(4-6-11)8-15-3/h9-10,12H,4-8,11H2,1-3H3. The smallest absolute Gasteiger partial charge is 0.211 e. The highest BCUT2D eigenvalue weighted by Crippen LogP contribution is 2.03. The lowest BCUT2D eigenvalue weighted by molar-refractivity contribution is 0.172. The van der Waals surface area contributed by atoms with Gasteiger partial charge in [0.1, 0.15) is 0 Å². The highest BCUT2D eigenvalue weighted by atomic mass is 32.2. The third-order valence-electron chi connectivity index (χ3n) is 2.19. The summed E-state index contributed by atoms with van der Waals surface area (Å²) in [5.74, 6) is 0.544.